The van der Waals surface area contributed by atoms with E-state index in [9.17, 15) is 19.2 Å². The predicted octanol–water partition coefficient (Wildman–Crippen LogP) is 6.26. The Hall–Kier alpha value is -5.41. The van der Waals surface area contributed by atoms with Gasteiger partial charge in [0.1, 0.15) is 5.57 Å². The Bertz CT molecular complexity index is 1660. The highest BCUT2D eigenvalue weighted by Gasteiger charge is 2.43. The molecule has 5 amide bonds. The number of carbonyl (C=O) groups excluding carboxylic acids is 4. The molecule has 1 heterocycles. The van der Waals surface area contributed by atoms with E-state index < -0.39 is 23.8 Å². The Morgan fingerprint density at radius 2 is 1.40 bits per heavy atom. The summed E-state index contributed by atoms with van der Waals surface area (Å²) in [7, 11) is 1.39. The molecule has 0 unspecified atom stereocenters. The minimum absolute atomic E-state index is 0.0842. The average molecular weight is 596 g/mol. The fraction of sp³-hybridized carbons (Fsp3) is 0.0909. The second-order valence-electron chi connectivity index (χ2n) is 9.53. The Morgan fingerprint density at radius 1 is 0.837 bits per heavy atom. The summed E-state index contributed by atoms with van der Waals surface area (Å²) in [5.74, 6) is -1.71. The molecule has 4 aromatic carbocycles. The van der Waals surface area contributed by atoms with E-state index in [4.69, 9.17) is 21.1 Å². The molecule has 10 heteroatoms. The Labute approximate surface area is 252 Å². The number of hydrogen-bond acceptors (Lipinski definition) is 6. The third-order valence-electron chi connectivity index (χ3n) is 6.52. The van der Waals surface area contributed by atoms with Crippen LogP contribution < -0.4 is 24.6 Å². The molecule has 0 radical (unpaired) electrons. The number of hydrogen-bond donors (Lipinski definition) is 1. The van der Waals surface area contributed by atoms with Gasteiger partial charge in [0.2, 0.25) is 0 Å². The van der Waals surface area contributed by atoms with Gasteiger partial charge in [-0.05, 0) is 67.1 Å². The lowest BCUT2D eigenvalue weighted by Crippen LogP contribution is -2.57. The third-order valence-corrected chi connectivity index (χ3v) is 6.80. The molecular formula is C33H26ClN3O6. The largest absolute Gasteiger partial charge is 0.493 e. The van der Waals surface area contributed by atoms with Crippen molar-refractivity contribution >= 4 is 58.5 Å². The van der Waals surface area contributed by atoms with Crippen molar-refractivity contribution in [3.05, 3.63) is 119 Å². The molecule has 0 bridgehead atoms. The summed E-state index contributed by atoms with van der Waals surface area (Å²) in [6.45, 7) is 1.60. The van der Waals surface area contributed by atoms with E-state index in [0.717, 1.165) is 15.4 Å². The molecule has 1 aliphatic rings. The molecule has 9 nitrogen and oxygen atoms in total. The van der Waals surface area contributed by atoms with Crippen LogP contribution in [0.3, 0.4) is 0 Å². The van der Waals surface area contributed by atoms with E-state index in [2.05, 4.69) is 5.32 Å². The molecule has 216 valence electrons. The van der Waals surface area contributed by atoms with Crippen LogP contribution in [-0.2, 0) is 14.4 Å². The predicted molar refractivity (Wildman–Crippen MR) is 165 cm³/mol. The number of halogens is 1. The van der Waals surface area contributed by atoms with Crippen LogP contribution in [0.5, 0.6) is 11.5 Å². The number of barbiturate groups is 1. The van der Waals surface area contributed by atoms with Gasteiger partial charge in [0.15, 0.2) is 18.1 Å². The topological polar surface area (TPSA) is 105 Å². The van der Waals surface area contributed by atoms with Gasteiger partial charge >= 0.3 is 6.03 Å². The molecule has 0 aromatic heterocycles. The first-order valence-corrected chi connectivity index (χ1v) is 13.6. The standard InChI is InChI=1S/C33H26ClN3O6/c1-21-13-15-23(16-14-21)35-29(38)20-43-30-27(34)18-22(19-28(30)42-2)17-26-31(39)36(24-9-5-3-6-10-24)33(41)37(32(26)40)25-11-7-4-8-12-25/h3-19H,20H2,1-2H3,(H,35,38). The number of rotatable bonds is 8. The summed E-state index contributed by atoms with van der Waals surface area (Å²) in [5.41, 5.74) is 2.36. The molecule has 0 spiro atoms. The number of carbonyl (C=O) groups is 4. The molecule has 0 atom stereocenters. The number of para-hydroxylation sites is 2. The zero-order valence-corrected chi connectivity index (χ0v) is 24.0. The Morgan fingerprint density at radius 3 is 1.93 bits per heavy atom. The van der Waals surface area contributed by atoms with E-state index in [-0.39, 0.29) is 28.7 Å². The third kappa shape index (κ3) is 6.27. The summed E-state index contributed by atoms with van der Waals surface area (Å²) in [6, 6.07) is 26.2. The molecule has 0 aliphatic carbocycles. The van der Waals surface area contributed by atoms with Crippen molar-refractivity contribution in [2.45, 2.75) is 6.92 Å². The minimum Gasteiger partial charge on any atom is -0.493 e. The smallest absolute Gasteiger partial charge is 0.343 e. The monoisotopic (exact) mass is 595 g/mol. The minimum atomic E-state index is -0.798. The van der Waals surface area contributed by atoms with E-state index in [1.807, 2.05) is 19.1 Å². The van der Waals surface area contributed by atoms with Crippen molar-refractivity contribution in [3.63, 3.8) is 0 Å². The van der Waals surface area contributed by atoms with E-state index in [0.29, 0.717) is 22.6 Å². The van der Waals surface area contributed by atoms with Crippen molar-refractivity contribution in [3.8, 4) is 11.5 Å². The highest BCUT2D eigenvalue weighted by Crippen LogP contribution is 2.38. The number of methoxy groups -OCH3 is 1. The highest BCUT2D eigenvalue weighted by atomic mass is 35.5. The van der Waals surface area contributed by atoms with Crippen LogP contribution in [0.1, 0.15) is 11.1 Å². The number of imide groups is 2. The molecule has 4 aromatic rings. The van der Waals surface area contributed by atoms with Gasteiger partial charge in [0, 0.05) is 5.69 Å². The number of aryl methyl sites for hydroxylation is 1. The summed E-state index contributed by atoms with van der Waals surface area (Å²) in [4.78, 5) is 55.1. The number of amides is 5. The van der Waals surface area contributed by atoms with Gasteiger partial charge in [0.05, 0.1) is 23.5 Å². The van der Waals surface area contributed by atoms with E-state index >= 15 is 0 Å². The van der Waals surface area contributed by atoms with Crippen LogP contribution in [0.25, 0.3) is 6.08 Å². The molecule has 43 heavy (non-hydrogen) atoms. The van der Waals surface area contributed by atoms with Crippen LogP contribution in [0, 0.1) is 6.92 Å². The van der Waals surface area contributed by atoms with Crippen LogP contribution in [0.15, 0.2) is 103 Å². The van der Waals surface area contributed by atoms with Gasteiger partial charge in [-0.1, -0.05) is 65.7 Å². The highest BCUT2D eigenvalue weighted by molar-refractivity contribution is 6.46. The van der Waals surface area contributed by atoms with Crippen LogP contribution in [-0.4, -0.2) is 37.5 Å². The number of benzene rings is 4. The lowest BCUT2D eigenvalue weighted by molar-refractivity contribution is -0.121. The molecule has 1 N–H and O–H groups in total. The zero-order chi connectivity index (χ0) is 30.5. The summed E-state index contributed by atoms with van der Waals surface area (Å²) >= 11 is 6.53. The van der Waals surface area contributed by atoms with Gasteiger partial charge in [-0.3, -0.25) is 14.4 Å². The Balaban J connectivity index is 1.45. The van der Waals surface area contributed by atoms with Gasteiger partial charge in [-0.25, -0.2) is 14.6 Å². The van der Waals surface area contributed by atoms with Crippen molar-refractivity contribution in [2.24, 2.45) is 0 Å². The number of nitrogens with one attached hydrogen (secondary N) is 1. The summed E-state index contributed by atoms with van der Waals surface area (Å²) in [6.07, 6.45) is 1.34. The maximum Gasteiger partial charge on any atom is 0.343 e. The summed E-state index contributed by atoms with van der Waals surface area (Å²) in [5, 5.41) is 2.83. The fourth-order valence-corrected chi connectivity index (χ4v) is 4.71. The first kappa shape index (κ1) is 29.1. The quantitative estimate of drug-likeness (QED) is 0.190. The number of urea groups is 1. The number of anilines is 3. The van der Waals surface area contributed by atoms with E-state index in [1.54, 1.807) is 72.8 Å². The molecule has 1 aliphatic heterocycles. The van der Waals surface area contributed by atoms with Crippen LogP contribution in [0.4, 0.5) is 21.9 Å². The van der Waals surface area contributed by atoms with Crippen LogP contribution >= 0.6 is 11.6 Å². The average Bonchev–Trinajstić information content (AvgIpc) is 3.01. The molecule has 0 saturated carbocycles. The van der Waals surface area contributed by atoms with Gasteiger partial charge in [-0.2, -0.15) is 0 Å². The molecular weight excluding hydrogens is 570 g/mol. The van der Waals surface area contributed by atoms with Crippen molar-refractivity contribution in [1.29, 1.82) is 0 Å². The SMILES string of the molecule is COc1cc(C=C2C(=O)N(c3ccccc3)C(=O)N(c3ccccc3)C2=O)cc(Cl)c1OCC(=O)Nc1ccc(C)cc1. The van der Waals surface area contributed by atoms with Crippen molar-refractivity contribution < 1.29 is 28.7 Å². The first-order valence-electron chi connectivity index (χ1n) is 13.2. The second kappa shape index (κ2) is 12.6. The Kier molecular flexibility index (Phi) is 8.54. The van der Waals surface area contributed by atoms with Crippen molar-refractivity contribution in [2.75, 3.05) is 28.8 Å². The lowest BCUT2D eigenvalue weighted by Gasteiger charge is -2.34. The second-order valence-corrected chi connectivity index (χ2v) is 9.94. The maximum absolute atomic E-state index is 13.6. The fourth-order valence-electron chi connectivity index (χ4n) is 4.44. The molecule has 1 fully saturated rings. The van der Waals surface area contributed by atoms with Gasteiger partial charge < -0.3 is 14.8 Å². The van der Waals surface area contributed by atoms with Gasteiger partial charge in [0.25, 0.3) is 17.7 Å². The molecule has 5 rings (SSSR count). The number of ether oxygens (including phenoxy) is 2. The summed E-state index contributed by atoms with van der Waals surface area (Å²) < 4.78 is 11.1. The zero-order valence-electron chi connectivity index (χ0n) is 23.2. The number of nitrogens with zero attached hydrogens (tertiary/aromatic N) is 2. The first-order chi connectivity index (χ1) is 20.8. The van der Waals surface area contributed by atoms with E-state index in [1.165, 1.54) is 25.3 Å². The normalized spacial score (nSPS) is 13.2. The molecule has 1 saturated heterocycles. The lowest BCUT2D eigenvalue weighted by atomic mass is 10.0. The van der Waals surface area contributed by atoms with Gasteiger partial charge in [-0.15, -0.1) is 0 Å². The maximum atomic E-state index is 13.6. The van der Waals surface area contributed by atoms with Crippen molar-refractivity contribution in [1.82, 2.24) is 0 Å². The van der Waals surface area contributed by atoms with Crippen LogP contribution in [0.2, 0.25) is 5.02 Å².